The molecule has 0 amide bonds. The van der Waals surface area contributed by atoms with E-state index in [1.807, 2.05) is 0 Å². The van der Waals surface area contributed by atoms with Gasteiger partial charge in [-0.2, -0.15) is 0 Å². The van der Waals surface area contributed by atoms with Gasteiger partial charge in [-0.1, -0.05) is 0 Å². The van der Waals surface area contributed by atoms with Crippen molar-refractivity contribution in [3.63, 3.8) is 0 Å². The lowest BCUT2D eigenvalue weighted by atomic mass is 9.95. The Balaban J connectivity index is 0.000000664. The highest BCUT2D eigenvalue weighted by atomic mass is 16.8. The number of aldehydes is 1. The number of carbonyl (C=O) groups is 7. The van der Waals surface area contributed by atoms with E-state index >= 15 is 0 Å². The van der Waals surface area contributed by atoms with E-state index in [-0.39, 0.29) is 6.29 Å². The van der Waals surface area contributed by atoms with E-state index in [1.54, 1.807) is 0 Å². The zero-order chi connectivity index (χ0) is 51.0. The zero-order valence-electron chi connectivity index (χ0n) is 34.0. The van der Waals surface area contributed by atoms with Crippen molar-refractivity contribution in [3.05, 3.63) is 0 Å². The lowest BCUT2D eigenvalue weighted by molar-refractivity contribution is -0.384. The highest BCUT2D eigenvalue weighted by Crippen LogP contribution is 2.37. The van der Waals surface area contributed by atoms with Gasteiger partial charge in [-0.25, -0.2) is 9.59 Å². The van der Waals surface area contributed by atoms with Crippen LogP contribution in [0.15, 0.2) is 0 Å². The van der Waals surface area contributed by atoms with E-state index < -0.39 is 204 Å². The maximum atomic E-state index is 12.3. The number of carboxylic acids is 2. The first-order valence-electron chi connectivity index (χ1n) is 18.9. The minimum Gasteiger partial charge on any atom is -0.481 e. The molecule has 0 spiro atoms. The van der Waals surface area contributed by atoms with Crippen LogP contribution in [-0.2, 0) is 62.0 Å². The fourth-order valence-electron chi connectivity index (χ4n) is 5.57. The summed E-state index contributed by atoms with van der Waals surface area (Å²) in [7, 11) is 0. The summed E-state index contributed by atoms with van der Waals surface area (Å²) >= 11 is 0. The van der Waals surface area contributed by atoms with Crippen LogP contribution in [0.2, 0.25) is 0 Å². The molecule has 0 bridgehead atoms. The van der Waals surface area contributed by atoms with E-state index in [9.17, 15) is 110 Å². The number of rotatable bonds is 26. The third kappa shape index (κ3) is 16.3. The van der Waals surface area contributed by atoms with Gasteiger partial charge in [-0.3, -0.25) is 24.0 Å². The molecule has 19 N–H and O–H groups in total. The monoisotopic (exact) mass is 974 g/mol. The molecule has 0 radical (unpaired) electrons. The number of carboxylic acid groups (broad SMARTS) is 2. The first-order chi connectivity index (χ1) is 30.6. The van der Waals surface area contributed by atoms with Crippen LogP contribution in [-0.4, -0.2) is 288 Å². The molecule has 32 nitrogen and oxygen atoms in total. The van der Waals surface area contributed by atoms with Crippen LogP contribution in [0, 0.1) is 0 Å². The summed E-state index contributed by atoms with van der Waals surface area (Å²) in [6, 6.07) is 0. The van der Waals surface area contributed by atoms with E-state index in [0.717, 1.165) is 0 Å². The second-order valence-corrected chi connectivity index (χ2v) is 14.5. The minimum absolute atomic E-state index is 0.262. The molecule has 0 aromatic heterocycles. The molecule has 66 heavy (non-hydrogen) atoms. The molecule has 2 heterocycles. The molecule has 382 valence electrons. The van der Waals surface area contributed by atoms with Gasteiger partial charge in [0.1, 0.15) is 86.0 Å². The van der Waals surface area contributed by atoms with Crippen molar-refractivity contribution in [2.75, 3.05) is 39.6 Å². The van der Waals surface area contributed by atoms with Gasteiger partial charge < -0.3 is 125 Å². The van der Waals surface area contributed by atoms with Gasteiger partial charge in [0.05, 0.1) is 45.7 Å². The summed E-state index contributed by atoms with van der Waals surface area (Å²) in [5, 5.41) is 181. The van der Waals surface area contributed by atoms with Crippen LogP contribution in [0.4, 0.5) is 0 Å². The minimum atomic E-state index is -3.24. The van der Waals surface area contributed by atoms with Crippen molar-refractivity contribution in [1.29, 1.82) is 0 Å². The highest BCUT2D eigenvalue weighted by molar-refractivity contribution is 5.91. The topological polar surface area (TPSA) is 559 Å². The maximum absolute atomic E-state index is 12.3. The van der Waals surface area contributed by atoms with Crippen LogP contribution in [0.1, 0.15) is 19.3 Å². The van der Waals surface area contributed by atoms with Crippen molar-refractivity contribution in [2.45, 2.75) is 129 Å². The van der Waals surface area contributed by atoms with Crippen LogP contribution in [0.25, 0.3) is 0 Å². The van der Waals surface area contributed by atoms with Crippen LogP contribution < -0.4 is 0 Å². The number of aliphatic hydroxyl groups excluding tert-OH is 16. The number of Topliss-reactive ketones (excluding diaryl/α,β-unsaturated/α-hetero) is 1. The molecule has 0 aromatic rings. The molecule has 2 saturated heterocycles. The standard InChI is InChI=1S/C18H28O17.C16H26O15/c19-3-7(22)13(28)15(30)9(24)6-34-12(27)2-18(33,1-11(25)26)17(32)35-10(5-21)16(31)14(29)8(23)4-20;17-2-6-9(22)11(24)12(25)15(29-6)31-16(13(26)10(23)7(3-18)30-16)4-28-14(27)5(19)1-8(20)21/h5,7-8,10,13-16,19-20,22-23,28-31,33H,1-4,6H2,(H,25,26);5-7,9-13,15,17-19,22-26H,1-4H2,(H,20,21)/t7-,8-,10+,13-,14-,15-,16-,18?;5?,6-,7-,9-,10-,11+,12-,13+,15-,16+/m11/s1. The first kappa shape index (κ1) is 59.9. The number of carbonyl (C=O) groups excluding carboxylic acids is 5. The van der Waals surface area contributed by atoms with Crippen LogP contribution in [0.5, 0.6) is 0 Å². The second kappa shape index (κ2) is 27.0. The summed E-state index contributed by atoms with van der Waals surface area (Å²) in [5.74, 6) is -12.3. The number of aliphatic carboxylic acids is 2. The van der Waals surface area contributed by atoms with Gasteiger partial charge in [-0.05, 0) is 0 Å². The van der Waals surface area contributed by atoms with Crippen LogP contribution >= 0.6 is 0 Å². The number of ether oxygens (including phenoxy) is 6. The van der Waals surface area contributed by atoms with Crippen molar-refractivity contribution >= 4 is 41.9 Å². The normalized spacial score (nSPS) is 29.7. The van der Waals surface area contributed by atoms with Gasteiger partial charge in [0.15, 0.2) is 37.0 Å². The Morgan fingerprint density at radius 2 is 1.26 bits per heavy atom. The van der Waals surface area contributed by atoms with Gasteiger partial charge in [0.2, 0.25) is 11.6 Å². The molecule has 0 saturated carbocycles. The molecule has 18 atom stereocenters. The quantitative estimate of drug-likeness (QED) is 0.0217. The zero-order valence-corrected chi connectivity index (χ0v) is 34.0. The average molecular weight is 975 g/mol. The van der Waals surface area contributed by atoms with Crippen molar-refractivity contribution < 1.29 is 159 Å². The molecule has 2 aliphatic heterocycles. The van der Waals surface area contributed by atoms with Gasteiger partial charge in [0.25, 0.3) is 0 Å². The summed E-state index contributed by atoms with van der Waals surface area (Å²) in [6.07, 6.45) is -35.7. The highest BCUT2D eigenvalue weighted by Gasteiger charge is 2.59. The van der Waals surface area contributed by atoms with E-state index in [1.165, 1.54) is 0 Å². The number of ketones is 1. The van der Waals surface area contributed by atoms with Gasteiger partial charge in [0, 0.05) is 0 Å². The van der Waals surface area contributed by atoms with Gasteiger partial charge >= 0.3 is 29.8 Å². The van der Waals surface area contributed by atoms with Gasteiger partial charge in [-0.15, -0.1) is 0 Å². The SMILES string of the molecule is O=C(O)CC(O)C(=O)OC[C@@]1(O[C@H]2O[C@H](CO)[C@@H](O)[C@H](O)[C@H]2O)O[C@H](CO)[C@@H](O)[C@@H]1O.O=C[C@H](OC(=O)C(O)(CC(=O)O)CC(=O)OCC(=O)[C@@H](O)[C@H](O)[C@H](O)CO)[C@@H](O)[C@H](O)[C@H](O)CO. The first-order valence-corrected chi connectivity index (χ1v) is 18.9. The lowest BCUT2D eigenvalue weighted by Gasteiger charge is -2.43. The predicted octanol–water partition coefficient (Wildman–Crippen LogP) is -13.1. The molecule has 2 fully saturated rings. The molecule has 32 heteroatoms. The Bertz CT molecular complexity index is 1600. The van der Waals surface area contributed by atoms with E-state index in [0.29, 0.717) is 0 Å². The number of esters is 3. The smallest absolute Gasteiger partial charge is 0.340 e. The Morgan fingerprint density at radius 3 is 1.74 bits per heavy atom. The molecule has 2 unspecified atom stereocenters. The summed E-state index contributed by atoms with van der Waals surface area (Å²) in [6.45, 7) is -6.09. The Labute approximate surface area is 369 Å². The van der Waals surface area contributed by atoms with E-state index in [4.69, 9.17) is 39.4 Å². The molecular weight excluding hydrogens is 920 g/mol. The van der Waals surface area contributed by atoms with Crippen molar-refractivity contribution in [1.82, 2.24) is 0 Å². The predicted molar refractivity (Wildman–Crippen MR) is 195 cm³/mol. The molecular formula is C34H54O32. The molecule has 0 aromatic carbocycles. The average Bonchev–Trinajstić information content (AvgIpc) is 3.51. The number of aliphatic hydroxyl groups is 17. The fraction of sp³-hybridized carbons (Fsp3) is 0.794. The van der Waals surface area contributed by atoms with Crippen molar-refractivity contribution in [2.24, 2.45) is 0 Å². The maximum Gasteiger partial charge on any atom is 0.340 e. The largest absolute Gasteiger partial charge is 0.481 e. The Morgan fingerprint density at radius 1 is 0.697 bits per heavy atom. The molecule has 0 aliphatic carbocycles. The summed E-state index contributed by atoms with van der Waals surface area (Å²) in [4.78, 5) is 80.6. The summed E-state index contributed by atoms with van der Waals surface area (Å²) < 4.78 is 29.3. The van der Waals surface area contributed by atoms with Crippen LogP contribution in [0.3, 0.4) is 0 Å². The summed E-state index contributed by atoms with van der Waals surface area (Å²) in [5.41, 5.74) is -3.24. The molecule has 2 rings (SSSR count). The van der Waals surface area contributed by atoms with E-state index in [2.05, 4.69) is 9.47 Å². The molecule has 2 aliphatic rings. The third-order valence-electron chi connectivity index (χ3n) is 9.42. The second-order valence-electron chi connectivity index (χ2n) is 14.5. The third-order valence-corrected chi connectivity index (χ3v) is 9.42. The number of hydrogen-bond acceptors (Lipinski definition) is 30. The lowest BCUT2D eigenvalue weighted by Crippen LogP contribution is -2.63. The van der Waals surface area contributed by atoms with Crippen molar-refractivity contribution in [3.8, 4) is 0 Å². The Kier molecular flexibility index (Phi) is 24.5. The fourth-order valence-corrected chi connectivity index (χ4v) is 5.57. The Hall–Kier alpha value is -4.11. The number of hydrogen-bond donors (Lipinski definition) is 19.